The molecule has 1 aromatic rings. The first kappa shape index (κ1) is 8.04. The van der Waals surface area contributed by atoms with Crippen molar-refractivity contribution in [2.24, 2.45) is 0 Å². The van der Waals surface area contributed by atoms with Crippen LogP contribution in [0.5, 0.6) is 0 Å². The van der Waals surface area contributed by atoms with Gasteiger partial charge in [0.1, 0.15) is 11.6 Å². The second kappa shape index (κ2) is 3.43. The molecule has 13 heavy (non-hydrogen) atoms. The lowest BCUT2D eigenvalue weighted by atomic mass is 10.2. The molecule has 1 aliphatic rings. The van der Waals surface area contributed by atoms with Crippen molar-refractivity contribution in [1.82, 2.24) is 9.97 Å². The minimum Gasteiger partial charge on any atom is -0.382 e. The zero-order valence-corrected chi connectivity index (χ0v) is 7.35. The second-order valence-corrected chi connectivity index (χ2v) is 3.01. The summed E-state index contributed by atoms with van der Waals surface area (Å²) in [5.41, 5.74) is 5.55. The molecule has 2 heterocycles. The molecular weight excluding hydrogens is 164 g/mol. The van der Waals surface area contributed by atoms with E-state index in [2.05, 4.69) is 27.0 Å². The Morgan fingerprint density at radius 1 is 1.31 bits per heavy atom. The lowest BCUT2D eigenvalue weighted by molar-refractivity contribution is 0.803. The standard InChI is InChI=1S/C9H12N4/c10-8-6-11-7-9(12-8)13-4-2-1-3-5-13/h1-2,6-7H,3-5H2,(H2,10,12). The summed E-state index contributed by atoms with van der Waals surface area (Å²) in [4.78, 5) is 10.4. The molecule has 0 bridgehead atoms. The van der Waals surface area contributed by atoms with Gasteiger partial charge >= 0.3 is 0 Å². The molecule has 0 saturated heterocycles. The summed E-state index contributed by atoms with van der Waals surface area (Å²) in [7, 11) is 0. The number of nitrogens with zero attached hydrogens (tertiary/aromatic N) is 3. The number of aromatic nitrogens is 2. The van der Waals surface area contributed by atoms with E-state index in [1.807, 2.05) is 0 Å². The van der Waals surface area contributed by atoms with Crippen LogP contribution >= 0.6 is 0 Å². The topological polar surface area (TPSA) is 55.0 Å². The Morgan fingerprint density at radius 3 is 2.92 bits per heavy atom. The normalized spacial score (nSPS) is 16.2. The lowest BCUT2D eigenvalue weighted by Gasteiger charge is -2.23. The molecule has 2 N–H and O–H groups in total. The maximum Gasteiger partial charge on any atom is 0.149 e. The Kier molecular flexibility index (Phi) is 2.12. The third kappa shape index (κ3) is 1.77. The van der Waals surface area contributed by atoms with Crippen LogP contribution in [-0.4, -0.2) is 23.1 Å². The molecule has 4 nitrogen and oxygen atoms in total. The van der Waals surface area contributed by atoms with E-state index in [0.717, 1.165) is 25.3 Å². The SMILES string of the molecule is Nc1cncc(N2CC=CCC2)n1. The number of hydrogen-bond donors (Lipinski definition) is 1. The van der Waals surface area contributed by atoms with Crippen molar-refractivity contribution in [1.29, 1.82) is 0 Å². The van der Waals surface area contributed by atoms with Gasteiger partial charge in [-0.05, 0) is 6.42 Å². The van der Waals surface area contributed by atoms with Gasteiger partial charge in [0.2, 0.25) is 0 Å². The summed E-state index contributed by atoms with van der Waals surface area (Å²) >= 11 is 0. The van der Waals surface area contributed by atoms with E-state index in [0.29, 0.717) is 5.82 Å². The molecule has 1 aromatic heterocycles. The van der Waals surface area contributed by atoms with E-state index in [1.54, 1.807) is 12.4 Å². The molecule has 0 amide bonds. The Morgan fingerprint density at radius 2 is 2.23 bits per heavy atom. The van der Waals surface area contributed by atoms with E-state index in [1.165, 1.54) is 0 Å². The van der Waals surface area contributed by atoms with Crippen LogP contribution in [0.3, 0.4) is 0 Å². The van der Waals surface area contributed by atoms with Gasteiger partial charge in [-0.1, -0.05) is 12.2 Å². The highest BCUT2D eigenvalue weighted by molar-refractivity contribution is 5.42. The summed E-state index contributed by atoms with van der Waals surface area (Å²) < 4.78 is 0. The van der Waals surface area contributed by atoms with Crippen LogP contribution < -0.4 is 10.6 Å². The Balaban J connectivity index is 2.20. The van der Waals surface area contributed by atoms with Crippen molar-refractivity contribution >= 4 is 11.6 Å². The molecule has 0 fully saturated rings. The average Bonchev–Trinajstić information content (AvgIpc) is 2.19. The molecule has 0 unspecified atom stereocenters. The maximum atomic E-state index is 5.55. The van der Waals surface area contributed by atoms with Gasteiger partial charge in [-0.3, -0.25) is 4.98 Å². The van der Waals surface area contributed by atoms with Gasteiger partial charge in [0.05, 0.1) is 12.4 Å². The van der Waals surface area contributed by atoms with E-state index in [-0.39, 0.29) is 0 Å². The van der Waals surface area contributed by atoms with Crippen molar-refractivity contribution in [3.63, 3.8) is 0 Å². The molecule has 0 aromatic carbocycles. The predicted octanol–water partition coefficient (Wildman–Crippen LogP) is 0.825. The Bertz CT molecular complexity index is 321. The molecule has 0 spiro atoms. The average molecular weight is 176 g/mol. The van der Waals surface area contributed by atoms with Gasteiger partial charge in [-0.15, -0.1) is 0 Å². The van der Waals surface area contributed by atoms with Crippen LogP contribution in [-0.2, 0) is 0 Å². The summed E-state index contributed by atoms with van der Waals surface area (Å²) in [6, 6.07) is 0. The summed E-state index contributed by atoms with van der Waals surface area (Å²) in [6.45, 7) is 1.90. The molecular formula is C9H12N4. The number of hydrogen-bond acceptors (Lipinski definition) is 4. The smallest absolute Gasteiger partial charge is 0.149 e. The number of nitrogen functional groups attached to an aromatic ring is 1. The molecule has 1 aliphatic heterocycles. The highest BCUT2D eigenvalue weighted by Gasteiger charge is 2.08. The molecule has 68 valence electrons. The second-order valence-electron chi connectivity index (χ2n) is 3.01. The van der Waals surface area contributed by atoms with Crippen molar-refractivity contribution in [3.05, 3.63) is 24.5 Å². The molecule has 0 aliphatic carbocycles. The van der Waals surface area contributed by atoms with E-state index in [4.69, 9.17) is 5.73 Å². The fraction of sp³-hybridized carbons (Fsp3) is 0.333. The zero-order chi connectivity index (χ0) is 9.10. The zero-order valence-electron chi connectivity index (χ0n) is 7.35. The van der Waals surface area contributed by atoms with E-state index in [9.17, 15) is 0 Å². The van der Waals surface area contributed by atoms with Gasteiger partial charge in [0.15, 0.2) is 0 Å². The van der Waals surface area contributed by atoms with Gasteiger partial charge < -0.3 is 10.6 Å². The molecule has 2 rings (SSSR count). The third-order valence-electron chi connectivity index (χ3n) is 2.02. The monoisotopic (exact) mass is 176 g/mol. The first-order valence-electron chi connectivity index (χ1n) is 4.34. The Labute approximate surface area is 77.1 Å². The Hall–Kier alpha value is -1.58. The van der Waals surface area contributed by atoms with E-state index < -0.39 is 0 Å². The van der Waals surface area contributed by atoms with Crippen LogP contribution in [0.4, 0.5) is 11.6 Å². The first-order valence-corrected chi connectivity index (χ1v) is 4.34. The van der Waals surface area contributed by atoms with Gasteiger partial charge in [-0.25, -0.2) is 4.98 Å². The fourth-order valence-electron chi connectivity index (χ4n) is 1.37. The van der Waals surface area contributed by atoms with Crippen LogP contribution in [0.15, 0.2) is 24.5 Å². The van der Waals surface area contributed by atoms with Crippen molar-refractivity contribution in [3.8, 4) is 0 Å². The summed E-state index contributed by atoms with van der Waals surface area (Å²) in [5.74, 6) is 1.34. The van der Waals surface area contributed by atoms with Crippen LogP contribution in [0.1, 0.15) is 6.42 Å². The van der Waals surface area contributed by atoms with Crippen molar-refractivity contribution < 1.29 is 0 Å². The maximum absolute atomic E-state index is 5.55. The van der Waals surface area contributed by atoms with Crippen molar-refractivity contribution in [2.75, 3.05) is 23.7 Å². The number of nitrogens with two attached hydrogens (primary N) is 1. The van der Waals surface area contributed by atoms with Crippen molar-refractivity contribution in [2.45, 2.75) is 6.42 Å². The molecule has 4 heteroatoms. The minimum atomic E-state index is 0.479. The molecule has 0 atom stereocenters. The molecule has 0 saturated carbocycles. The van der Waals surface area contributed by atoms with Gasteiger partial charge in [-0.2, -0.15) is 0 Å². The predicted molar refractivity (Wildman–Crippen MR) is 52.4 cm³/mol. The van der Waals surface area contributed by atoms with Crippen LogP contribution in [0, 0.1) is 0 Å². The molecule has 0 radical (unpaired) electrons. The number of anilines is 2. The summed E-state index contributed by atoms with van der Waals surface area (Å²) in [5, 5.41) is 0. The third-order valence-corrected chi connectivity index (χ3v) is 2.02. The first-order chi connectivity index (χ1) is 6.36. The highest BCUT2D eigenvalue weighted by atomic mass is 15.2. The number of rotatable bonds is 1. The largest absolute Gasteiger partial charge is 0.382 e. The van der Waals surface area contributed by atoms with E-state index >= 15 is 0 Å². The minimum absolute atomic E-state index is 0.479. The highest BCUT2D eigenvalue weighted by Crippen LogP contribution is 2.13. The van der Waals surface area contributed by atoms with Crippen LogP contribution in [0.2, 0.25) is 0 Å². The van der Waals surface area contributed by atoms with Gasteiger partial charge in [0.25, 0.3) is 0 Å². The summed E-state index contributed by atoms with van der Waals surface area (Å²) in [6.07, 6.45) is 8.68. The quantitative estimate of drug-likeness (QED) is 0.644. The van der Waals surface area contributed by atoms with Crippen LogP contribution in [0.25, 0.3) is 0 Å². The van der Waals surface area contributed by atoms with Gasteiger partial charge in [0, 0.05) is 13.1 Å². The fourth-order valence-corrected chi connectivity index (χ4v) is 1.37. The lowest BCUT2D eigenvalue weighted by Crippen LogP contribution is -2.27.